The second-order valence-electron chi connectivity index (χ2n) is 4.88. The van der Waals surface area contributed by atoms with E-state index in [9.17, 15) is 0 Å². The van der Waals surface area contributed by atoms with E-state index in [1.807, 2.05) is 0 Å². The monoisotopic (exact) mass is 215 g/mol. The summed E-state index contributed by atoms with van der Waals surface area (Å²) in [5.41, 5.74) is 0.0488. The van der Waals surface area contributed by atoms with Gasteiger partial charge in [-0.15, -0.1) is 0 Å². The first kappa shape index (κ1) is 11.7. The van der Waals surface area contributed by atoms with Crippen LogP contribution in [-0.4, -0.2) is 29.8 Å². The molecule has 4 heteroatoms. The number of thiocarbonyl (C=S) groups is 1. The second-order valence-corrected chi connectivity index (χ2v) is 5.29. The van der Waals surface area contributed by atoms with Gasteiger partial charge in [0, 0.05) is 18.1 Å². The van der Waals surface area contributed by atoms with Crippen molar-refractivity contribution >= 4 is 17.3 Å². The maximum atomic E-state index is 5.19. The minimum Gasteiger partial charge on any atom is -0.361 e. The molecule has 82 valence electrons. The van der Waals surface area contributed by atoms with Gasteiger partial charge in [0.05, 0.1) is 0 Å². The summed E-state index contributed by atoms with van der Waals surface area (Å²) >= 11 is 5.19. The Kier molecular flexibility index (Phi) is 4.13. The topological polar surface area (TPSA) is 36.1 Å². The highest BCUT2D eigenvalue weighted by molar-refractivity contribution is 7.80. The molecule has 0 bridgehead atoms. The zero-order chi connectivity index (χ0) is 10.6. The van der Waals surface area contributed by atoms with Gasteiger partial charge in [0.25, 0.3) is 0 Å². The molecule has 0 aliphatic carbocycles. The molecule has 0 aromatic rings. The predicted octanol–water partition coefficient (Wildman–Crippen LogP) is 1.00. The molecule has 0 radical (unpaired) electrons. The van der Waals surface area contributed by atoms with Crippen LogP contribution >= 0.6 is 12.2 Å². The van der Waals surface area contributed by atoms with E-state index in [0.29, 0.717) is 6.04 Å². The first-order valence-electron chi connectivity index (χ1n) is 5.27. The smallest absolute Gasteiger partial charge is 0.166 e. The van der Waals surface area contributed by atoms with Crippen LogP contribution in [0.3, 0.4) is 0 Å². The Labute approximate surface area is 92.0 Å². The first-order chi connectivity index (χ1) is 6.47. The van der Waals surface area contributed by atoms with Crippen molar-refractivity contribution in [2.45, 2.75) is 45.2 Å². The molecule has 0 spiro atoms. The van der Waals surface area contributed by atoms with E-state index < -0.39 is 0 Å². The van der Waals surface area contributed by atoms with Crippen LogP contribution in [0.15, 0.2) is 0 Å². The first-order valence-corrected chi connectivity index (χ1v) is 5.67. The molecule has 1 heterocycles. The van der Waals surface area contributed by atoms with E-state index in [0.717, 1.165) is 18.2 Å². The Hall–Kier alpha value is -0.350. The van der Waals surface area contributed by atoms with Crippen LogP contribution in [0, 0.1) is 0 Å². The summed E-state index contributed by atoms with van der Waals surface area (Å²) in [4.78, 5) is 0. The third-order valence-electron chi connectivity index (χ3n) is 2.16. The van der Waals surface area contributed by atoms with Crippen molar-refractivity contribution in [1.29, 1.82) is 0 Å². The molecule has 0 aromatic carbocycles. The van der Waals surface area contributed by atoms with E-state index in [-0.39, 0.29) is 5.54 Å². The molecule has 1 aliphatic heterocycles. The van der Waals surface area contributed by atoms with Crippen LogP contribution in [0.25, 0.3) is 0 Å². The number of rotatable bonds is 2. The molecule has 14 heavy (non-hydrogen) atoms. The van der Waals surface area contributed by atoms with E-state index in [1.54, 1.807) is 0 Å². The molecule has 3 N–H and O–H groups in total. The fourth-order valence-electron chi connectivity index (χ4n) is 1.53. The third kappa shape index (κ3) is 4.77. The van der Waals surface area contributed by atoms with Crippen LogP contribution in [0.1, 0.15) is 33.6 Å². The van der Waals surface area contributed by atoms with Crippen molar-refractivity contribution in [2.75, 3.05) is 13.1 Å². The Bertz CT molecular complexity index is 192. The summed E-state index contributed by atoms with van der Waals surface area (Å²) < 4.78 is 0. The highest BCUT2D eigenvalue weighted by Crippen LogP contribution is 2.03. The van der Waals surface area contributed by atoms with Gasteiger partial charge in [-0.05, 0) is 52.4 Å². The van der Waals surface area contributed by atoms with Crippen LogP contribution in [0.4, 0.5) is 0 Å². The summed E-state index contributed by atoms with van der Waals surface area (Å²) in [6, 6.07) is 0.592. The molecular weight excluding hydrogens is 194 g/mol. The Morgan fingerprint density at radius 3 is 2.71 bits per heavy atom. The molecule has 1 aliphatic rings. The maximum Gasteiger partial charge on any atom is 0.166 e. The van der Waals surface area contributed by atoms with E-state index in [4.69, 9.17) is 12.2 Å². The normalized spacial score (nSPS) is 22.1. The molecule has 0 saturated carbocycles. The SMILES string of the molecule is CC(C)(C)NC(=S)NC[C@@H]1CCCN1. The molecule has 1 fully saturated rings. The summed E-state index contributed by atoms with van der Waals surface area (Å²) in [7, 11) is 0. The average Bonchev–Trinajstić information content (AvgIpc) is 2.49. The lowest BCUT2D eigenvalue weighted by molar-refractivity contribution is 0.500. The van der Waals surface area contributed by atoms with Crippen molar-refractivity contribution in [2.24, 2.45) is 0 Å². The lowest BCUT2D eigenvalue weighted by Crippen LogP contribution is -2.48. The Morgan fingerprint density at radius 2 is 2.21 bits per heavy atom. The Morgan fingerprint density at radius 1 is 1.50 bits per heavy atom. The fraction of sp³-hybridized carbons (Fsp3) is 0.900. The Balaban J connectivity index is 2.14. The lowest BCUT2D eigenvalue weighted by atomic mass is 10.1. The largest absolute Gasteiger partial charge is 0.361 e. The average molecular weight is 215 g/mol. The second kappa shape index (κ2) is 4.94. The highest BCUT2D eigenvalue weighted by atomic mass is 32.1. The number of hydrogen-bond acceptors (Lipinski definition) is 2. The van der Waals surface area contributed by atoms with Gasteiger partial charge in [-0.3, -0.25) is 0 Å². The van der Waals surface area contributed by atoms with Crippen LogP contribution < -0.4 is 16.0 Å². The third-order valence-corrected chi connectivity index (χ3v) is 2.41. The molecular formula is C10H21N3S. The van der Waals surface area contributed by atoms with Gasteiger partial charge < -0.3 is 16.0 Å². The lowest BCUT2D eigenvalue weighted by Gasteiger charge is -2.24. The van der Waals surface area contributed by atoms with Crippen molar-refractivity contribution in [3.8, 4) is 0 Å². The van der Waals surface area contributed by atoms with Gasteiger partial charge in [-0.2, -0.15) is 0 Å². The molecule has 0 aromatic heterocycles. The van der Waals surface area contributed by atoms with Gasteiger partial charge in [0.1, 0.15) is 0 Å². The summed E-state index contributed by atoms with van der Waals surface area (Å²) in [6.45, 7) is 8.39. The minimum atomic E-state index is 0.0488. The van der Waals surface area contributed by atoms with Crippen LogP contribution in [0.2, 0.25) is 0 Å². The molecule has 3 nitrogen and oxygen atoms in total. The van der Waals surface area contributed by atoms with Gasteiger partial charge in [0.15, 0.2) is 5.11 Å². The van der Waals surface area contributed by atoms with Crippen molar-refractivity contribution in [1.82, 2.24) is 16.0 Å². The van der Waals surface area contributed by atoms with Crippen LogP contribution in [-0.2, 0) is 0 Å². The quantitative estimate of drug-likeness (QED) is 0.601. The summed E-state index contributed by atoms with van der Waals surface area (Å²) in [5, 5.41) is 10.7. The molecule has 1 rings (SSSR count). The van der Waals surface area contributed by atoms with Crippen molar-refractivity contribution in [3.63, 3.8) is 0 Å². The zero-order valence-corrected chi connectivity index (χ0v) is 10.1. The predicted molar refractivity (Wildman–Crippen MR) is 64.5 cm³/mol. The van der Waals surface area contributed by atoms with Gasteiger partial charge in [-0.25, -0.2) is 0 Å². The highest BCUT2D eigenvalue weighted by Gasteiger charge is 2.15. The zero-order valence-electron chi connectivity index (χ0n) is 9.31. The summed E-state index contributed by atoms with van der Waals surface area (Å²) in [6.07, 6.45) is 2.54. The standard InChI is InChI=1S/C10H21N3S/c1-10(2,3)13-9(14)12-7-8-5-4-6-11-8/h8,11H,4-7H2,1-3H3,(H2,12,13,14)/t8-/m0/s1. The van der Waals surface area contributed by atoms with E-state index in [2.05, 4.69) is 36.7 Å². The molecule has 0 amide bonds. The number of nitrogens with one attached hydrogen (secondary N) is 3. The van der Waals surface area contributed by atoms with E-state index >= 15 is 0 Å². The van der Waals surface area contributed by atoms with Crippen molar-refractivity contribution in [3.05, 3.63) is 0 Å². The molecule has 1 atom stereocenters. The van der Waals surface area contributed by atoms with Gasteiger partial charge >= 0.3 is 0 Å². The van der Waals surface area contributed by atoms with E-state index in [1.165, 1.54) is 12.8 Å². The van der Waals surface area contributed by atoms with Gasteiger partial charge in [0.2, 0.25) is 0 Å². The number of hydrogen-bond donors (Lipinski definition) is 3. The van der Waals surface area contributed by atoms with Crippen LogP contribution in [0.5, 0.6) is 0 Å². The summed E-state index contributed by atoms with van der Waals surface area (Å²) in [5.74, 6) is 0. The molecule has 0 unspecified atom stereocenters. The molecule has 1 saturated heterocycles. The minimum absolute atomic E-state index is 0.0488. The van der Waals surface area contributed by atoms with Gasteiger partial charge in [-0.1, -0.05) is 0 Å². The van der Waals surface area contributed by atoms with Crippen molar-refractivity contribution < 1.29 is 0 Å². The maximum absolute atomic E-state index is 5.19. The fourth-order valence-corrected chi connectivity index (χ4v) is 1.92.